The first-order valence-corrected chi connectivity index (χ1v) is 18.2. The molecule has 1 N–H and O–H groups in total. The van der Waals surface area contributed by atoms with Gasteiger partial charge in [-0.2, -0.15) is 13.2 Å². The van der Waals surface area contributed by atoms with Gasteiger partial charge in [0.2, 0.25) is 0 Å². The molecule has 5 aromatic rings. The molecule has 3 aromatic carbocycles. The molecule has 1 fully saturated rings. The summed E-state index contributed by atoms with van der Waals surface area (Å²) in [4.78, 5) is 66.0. The predicted molar refractivity (Wildman–Crippen MR) is 205 cm³/mol. The van der Waals surface area contributed by atoms with Gasteiger partial charge in [0.25, 0.3) is 5.56 Å². The minimum atomic E-state index is -5.15. The molecule has 0 saturated carbocycles. The van der Waals surface area contributed by atoms with Crippen LogP contribution < -0.4 is 16.6 Å². The lowest BCUT2D eigenvalue weighted by Crippen LogP contribution is -2.41. The summed E-state index contributed by atoms with van der Waals surface area (Å²) in [5.74, 6) is 1.52. The third kappa shape index (κ3) is 9.98. The zero-order valence-electron chi connectivity index (χ0n) is 32.1. The number of aryl methyl sites for hydroxylation is 2. The summed E-state index contributed by atoms with van der Waals surface area (Å²) < 4.78 is 71.0. The maximum atomic E-state index is 14.1. The fraction of sp³-hybridized carbons (Fsp3) is 0.310. The second-order valence-electron chi connectivity index (χ2n) is 13.6. The Morgan fingerprint density at radius 3 is 2.15 bits per heavy atom. The molecule has 0 radical (unpaired) electrons. The highest BCUT2D eigenvalue weighted by molar-refractivity contribution is 5.90. The maximum Gasteiger partial charge on any atom is 0.471 e. The summed E-state index contributed by atoms with van der Waals surface area (Å²) in [6.07, 6.45) is -7.06. The number of rotatable bonds is 13. The van der Waals surface area contributed by atoms with E-state index in [9.17, 15) is 37.1 Å². The smallest absolute Gasteiger partial charge is 0.459 e. The summed E-state index contributed by atoms with van der Waals surface area (Å²) in [6.45, 7) is 1.81. The Labute approximate surface area is 335 Å². The first-order chi connectivity index (χ1) is 28.2. The lowest BCUT2D eigenvalue weighted by atomic mass is 10.1. The predicted octanol–water partition coefficient (Wildman–Crippen LogP) is 4.76. The number of hydrogen-bond donors (Lipinski definition) is 1. The normalized spacial score (nSPS) is 16.3. The van der Waals surface area contributed by atoms with Crippen molar-refractivity contribution in [1.29, 1.82) is 0 Å². The molecular weight excluding hydrogens is 777 g/mol. The number of esters is 2. The van der Waals surface area contributed by atoms with Crippen molar-refractivity contribution in [2.45, 2.75) is 64.9 Å². The molecule has 1 saturated heterocycles. The minimum Gasteiger partial charge on any atom is -0.459 e. The van der Waals surface area contributed by atoms with Crippen molar-refractivity contribution in [1.82, 2.24) is 19.0 Å². The number of aromatic nitrogens is 3. The van der Waals surface area contributed by atoms with Crippen molar-refractivity contribution in [3.8, 4) is 11.8 Å². The number of hydrogen-bond acceptors (Lipinski definition) is 10. The van der Waals surface area contributed by atoms with Crippen molar-refractivity contribution >= 4 is 28.9 Å². The van der Waals surface area contributed by atoms with Gasteiger partial charge >= 0.3 is 29.7 Å². The molecule has 0 aliphatic carbocycles. The van der Waals surface area contributed by atoms with Crippen molar-refractivity contribution in [3.63, 3.8) is 0 Å². The van der Waals surface area contributed by atoms with Gasteiger partial charge in [-0.3, -0.25) is 14.2 Å². The van der Waals surface area contributed by atoms with Crippen LogP contribution in [-0.4, -0.2) is 70.2 Å². The second kappa shape index (κ2) is 18.4. The average molecular weight is 817 g/mol. The standard InChI is InChI=1S/C42H39F3N4O10/c1-26-11-15-29(16-12-26)38(51)57-23-33-32(59-39(52)30-17-13-27(2)14-18-30)20-34(58-33)47-21-31(10-7-19-46-40(53)42(43,44)45)35-36(47)48(41(54)49(24-55-3)37(35)50)25-56-22-28-8-5-4-6-9-28/h4-6,8-9,11-18,21,32-34H,19-20,22-25H2,1-3H3,(H,46,53)/t32-,33+,34+/m0/s1. The molecular formula is C42H39F3N4O10. The van der Waals surface area contributed by atoms with E-state index >= 15 is 0 Å². The molecule has 1 aliphatic heterocycles. The van der Waals surface area contributed by atoms with E-state index in [0.29, 0.717) is 0 Å². The molecule has 3 atom stereocenters. The van der Waals surface area contributed by atoms with Crippen LogP contribution >= 0.6 is 0 Å². The van der Waals surface area contributed by atoms with E-state index in [0.717, 1.165) is 25.8 Å². The molecule has 3 heterocycles. The van der Waals surface area contributed by atoms with E-state index in [1.165, 1.54) is 17.9 Å². The maximum absolute atomic E-state index is 14.1. The van der Waals surface area contributed by atoms with Crippen LogP contribution in [0.1, 0.15) is 55.6 Å². The lowest BCUT2D eigenvalue weighted by Gasteiger charge is -2.19. The number of nitrogens with zero attached hydrogens (tertiary/aromatic N) is 3. The molecule has 1 aliphatic rings. The van der Waals surface area contributed by atoms with Gasteiger partial charge in [-0.1, -0.05) is 77.6 Å². The van der Waals surface area contributed by atoms with E-state index in [2.05, 4.69) is 11.8 Å². The second-order valence-corrected chi connectivity index (χ2v) is 13.6. The fourth-order valence-electron chi connectivity index (χ4n) is 6.30. The molecule has 308 valence electrons. The Balaban J connectivity index is 1.41. The number of benzene rings is 3. The topological polar surface area (TPSA) is 158 Å². The summed E-state index contributed by atoms with van der Waals surface area (Å²) in [5.41, 5.74) is 1.37. The number of methoxy groups -OCH3 is 1. The van der Waals surface area contributed by atoms with Gasteiger partial charge < -0.3 is 33.6 Å². The van der Waals surface area contributed by atoms with Crippen LogP contribution in [0.3, 0.4) is 0 Å². The van der Waals surface area contributed by atoms with Crippen LogP contribution in [0.25, 0.3) is 11.0 Å². The molecule has 1 amide bonds. The minimum absolute atomic E-state index is 0.0426. The van der Waals surface area contributed by atoms with E-state index in [-0.39, 0.29) is 47.4 Å². The van der Waals surface area contributed by atoms with Gasteiger partial charge in [0.05, 0.1) is 35.2 Å². The van der Waals surface area contributed by atoms with Crippen LogP contribution in [-0.2, 0) is 48.5 Å². The van der Waals surface area contributed by atoms with Crippen LogP contribution in [0.5, 0.6) is 0 Å². The van der Waals surface area contributed by atoms with Gasteiger partial charge in [-0.15, -0.1) is 0 Å². The van der Waals surface area contributed by atoms with Crippen molar-refractivity contribution in [3.05, 3.63) is 139 Å². The number of ether oxygens (including phenoxy) is 5. The molecule has 6 rings (SSSR count). The third-order valence-electron chi connectivity index (χ3n) is 9.29. The summed E-state index contributed by atoms with van der Waals surface area (Å²) in [6, 6.07) is 22.4. The number of amides is 1. The van der Waals surface area contributed by atoms with Crippen molar-refractivity contribution in [2.75, 3.05) is 20.3 Å². The van der Waals surface area contributed by atoms with E-state index in [4.69, 9.17) is 23.7 Å². The Morgan fingerprint density at radius 1 is 0.881 bits per heavy atom. The zero-order valence-corrected chi connectivity index (χ0v) is 32.1. The number of nitrogens with one attached hydrogen (secondary N) is 1. The summed E-state index contributed by atoms with van der Waals surface area (Å²) in [5, 5.41) is 1.51. The SMILES string of the molecule is COCn1c(=O)c2c(C#CCNC(=O)C(F)(F)F)cn([C@H]3C[C@H](OC(=O)c4ccc(C)cc4)[C@@H](COC(=O)c4ccc(C)cc4)O3)c2n(COCc2ccccc2)c1=O. The first kappa shape index (κ1) is 42.1. The average Bonchev–Trinajstić information content (AvgIpc) is 3.80. The van der Waals surface area contributed by atoms with E-state index in [1.54, 1.807) is 53.8 Å². The Bertz CT molecular complexity index is 2500. The quantitative estimate of drug-likeness (QED) is 0.130. The monoisotopic (exact) mass is 816 g/mol. The molecule has 0 spiro atoms. The van der Waals surface area contributed by atoms with Crippen LogP contribution in [0.2, 0.25) is 0 Å². The number of alkyl halides is 3. The van der Waals surface area contributed by atoms with Gasteiger partial charge in [0.15, 0.2) is 0 Å². The van der Waals surface area contributed by atoms with Crippen LogP contribution in [0, 0.1) is 25.7 Å². The molecule has 59 heavy (non-hydrogen) atoms. The third-order valence-corrected chi connectivity index (χ3v) is 9.29. The summed E-state index contributed by atoms with van der Waals surface area (Å²) in [7, 11) is 1.28. The van der Waals surface area contributed by atoms with E-state index < -0.39 is 73.7 Å². The van der Waals surface area contributed by atoms with Gasteiger partial charge in [-0.05, 0) is 43.7 Å². The molecule has 17 heteroatoms. The first-order valence-electron chi connectivity index (χ1n) is 18.2. The molecule has 2 aromatic heterocycles. The van der Waals surface area contributed by atoms with E-state index in [1.807, 2.05) is 44.2 Å². The number of carbonyl (C=O) groups is 3. The molecule has 0 unspecified atom stereocenters. The van der Waals surface area contributed by atoms with Crippen LogP contribution in [0.15, 0.2) is 94.6 Å². The van der Waals surface area contributed by atoms with Gasteiger partial charge in [0.1, 0.15) is 44.2 Å². The molecule has 14 nitrogen and oxygen atoms in total. The number of fused-ring (bicyclic) bond motifs is 1. The lowest BCUT2D eigenvalue weighted by molar-refractivity contribution is -0.173. The van der Waals surface area contributed by atoms with Crippen molar-refractivity contribution < 1.29 is 51.2 Å². The zero-order chi connectivity index (χ0) is 42.3. The fourth-order valence-corrected chi connectivity index (χ4v) is 6.30. The summed E-state index contributed by atoms with van der Waals surface area (Å²) >= 11 is 0. The van der Waals surface area contributed by atoms with Gasteiger partial charge in [-0.25, -0.2) is 19.0 Å². The Morgan fingerprint density at radius 2 is 1.53 bits per heavy atom. The van der Waals surface area contributed by atoms with Crippen LogP contribution in [0.4, 0.5) is 13.2 Å². The highest BCUT2D eigenvalue weighted by Crippen LogP contribution is 2.35. The molecule has 0 bridgehead atoms. The largest absolute Gasteiger partial charge is 0.471 e. The number of carbonyl (C=O) groups excluding carboxylic acids is 3. The highest BCUT2D eigenvalue weighted by atomic mass is 19.4. The Hall–Kier alpha value is -6.48. The number of halogens is 3. The Kier molecular flexibility index (Phi) is 13.1. The van der Waals surface area contributed by atoms with Crippen molar-refractivity contribution in [2.24, 2.45) is 0 Å². The highest BCUT2D eigenvalue weighted by Gasteiger charge is 2.41. The van der Waals surface area contributed by atoms with Gasteiger partial charge in [0, 0.05) is 19.7 Å².